The highest BCUT2D eigenvalue weighted by atomic mass is 16.5. The van der Waals surface area contributed by atoms with Crippen molar-refractivity contribution >= 4 is 17.6 Å². The number of para-hydroxylation sites is 1. The number of carbonyl (C=O) groups is 2. The van der Waals surface area contributed by atoms with E-state index in [0.717, 1.165) is 43.6 Å². The minimum atomic E-state index is -0.455. The van der Waals surface area contributed by atoms with Gasteiger partial charge in [-0.1, -0.05) is 18.2 Å². The normalized spacial score (nSPS) is 29.2. The van der Waals surface area contributed by atoms with Gasteiger partial charge in [-0.3, -0.25) is 14.8 Å². The van der Waals surface area contributed by atoms with E-state index in [0.29, 0.717) is 12.3 Å². The Labute approximate surface area is 163 Å². The van der Waals surface area contributed by atoms with Gasteiger partial charge in [0.15, 0.2) is 0 Å². The first-order valence-corrected chi connectivity index (χ1v) is 10.0. The second kappa shape index (κ2) is 6.44. The summed E-state index contributed by atoms with van der Waals surface area (Å²) in [7, 11) is 0. The number of carbonyl (C=O) groups excluding carboxylic acids is 2. The van der Waals surface area contributed by atoms with Crippen molar-refractivity contribution in [2.75, 3.05) is 24.6 Å². The smallest absolute Gasteiger partial charge is 0.356 e. The molecule has 1 aromatic carbocycles. The van der Waals surface area contributed by atoms with E-state index in [-0.39, 0.29) is 23.8 Å². The molecule has 5 rings (SSSR count). The maximum atomic E-state index is 13.6. The first-order chi connectivity index (χ1) is 13.7. The standard InChI is InChI=1S/C21H24N4O3/c1-2-28-19(26)18-16(12-22-23-18)17-11-14-13-24(15-7-4-3-5-8-15)20(27)21(14)9-6-10-25(17)21/h3-5,7-8,12,14,17H,2,6,9-11,13H2,1H3,(H,22,23)/t14-,17-,21-/m0/s1. The van der Waals surface area contributed by atoms with Gasteiger partial charge in [-0.2, -0.15) is 5.10 Å². The molecule has 3 saturated heterocycles. The summed E-state index contributed by atoms with van der Waals surface area (Å²) < 4.78 is 5.18. The number of aromatic nitrogens is 2. The first-order valence-electron chi connectivity index (χ1n) is 10.0. The quantitative estimate of drug-likeness (QED) is 0.825. The number of aromatic amines is 1. The topological polar surface area (TPSA) is 78.5 Å². The number of nitrogens with one attached hydrogen (secondary N) is 1. The lowest BCUT2D eigenvalue weighted by Crippen LogP contribution is -2.49. The van der Waals surface area contributed by atoms with Gasteiger partial charge >= 0.3 is 5.97 Å². The zero-order valence-corrected chi connectivity index (χ0v) is 15.9. The average molecular weight is 380 g/mol. The number of rotatable bonds is 4. The molecule has 146 valence electrons. The Kier molecular flexibility index (Phi) is 4.01. The predicted octanol–water partition coefficient (Wildman–Crippen LogP) is 2.53. The van der Waals surface area contributed by atoms with E-state index >= 15 is 0 Å². The van der Waals surface area contributed by atoms with Gasteiger partial charge < -0.3 is 9.64 Å². The maximum Gasteiger partial charge on any atom is 0.356 e. The largest absolute Gasteiger partial charge is 0.461 e. The Bertz CT molecular complexity index is 911. The van der Waals surface area contributed by atoms with Crippen LogP contribution in [-0.4, -0.2) is 52.2 Å². The lowest BCUT2D eigenvalue weighted by Gasteiger charge is -2.33. The number of amides is 1. The molecule has 0 saturated carbocycles. The Morgan fingerprint density at radius 1 is 1.36 bits per heavy atom. The van der Waals surface area contributed by atoms with Gasteiger partial charge in [-0.05, 0) is 44.9 Å². The molecule has 0 bridgehead atoms. The molecule has 1 spiro atoms. The molecular formula is C21H24N4O3. The Balaban J connectivity index is 1.48. The SMILES string of the molecule is CCOC(=O)c1[nH]ncc1[C@@H]1C[C@H]2CN(c3ccccc3)C(=O)[C@]23CCCN13. The van der Waals surface area contributed by atoms with Gasteiger partial charge in [0.1, 0.15) is 11.2 Å². The van der Waals surface area contributed by atoms with Gasteiger partial charge in [0, 0.05) is 29.8 Å². The van der Waals surface area contributed by atoms with E-state index < -0.39 is 5.54 Å². The highest BCUT2D eigenvalue weighted by Crippen LogP contribution is 2.56. The average Bonchev–Trinajstić information content (AvgIpc) is 3.45. The van der Waals surface area contributed by atoms with E-state index in [2.05, 4.69) is 15.1 Å². The number of esters is 1. The summed E-state index contributed by atoms with van der Waals surface area (Å²) in [6.45, 7) is 3.70. The first kappa shape index (κ1) is 17.4. The lowest BCUT2D eigenvalue weighted by atomic mass is 9.85. The van der Waals surface area contributed by atoms with Crippen LogP contribution in [0.5, 0.6) is 0 Å². The van der Waals surface area contributed by atoms with Crippen LogP contribution in [0.15, 0.2) is 36.5 Å². The summed E-state index contributed by atoms with van der Waals surface area (Å²) in [5, 5.41) is 6.92. The molecule has 1 amide bonds. The molecule has 0 radical (unpaired) electrons. The summed E-state index contributed by atoms with van der Waals surface area (Å²) >= 11 is 0. The van der Waals surface area contributed by atoms with Crippen molar-refractivity contribution in [1.82, 2.24) is 15.1 Å². The third kappa shape index (κ3) is 2.29. The minimum absolute atomic E-state index is 0.0209. The summed E-state index contributed by atoms with van der Waals surface area (Å²) in [4.78, 5) is 30.2. The van der Waals surface area contributed by atoms with Crippen LogP contribution in [0.2, 0.25) is 0 Å². The monoisotopic (exact) mass is 380 g/mol. The molecule has 1 N–H and O–H groups in total. The fraction of sp³-hybridized carbons (Fsp3) is 0.476. The number of benzene rings is 1. The third-order valence-corrected chi connectivity index (χ3v) is 6.62. The van der Waals surface area contributed by atoms with Gasteiger partial charge in [0.05, 0.1) is 12.8 Å². The molecule has 7 nitrogen and oxygen atoms in total. The van der Waals surface area contributed by atoms with E-state index in [1.54, 1.807) is 13.1 Å². The van der Waals surface area contributed by atoms with Crippen LogP contribution in [-0.2, 0) is 9.53 Å². The van der Waals surface area contributed by atoms with Crippen molar-refractivity contribution in [1.29, 1.82) is 0 Å². The Hall–Kier alpha value is -2.67. The highest BCUT2D eigenvalue weighted by molar-refractivity contribution is 6.03. The van der Waals surface area contributed by atoms with Crippen LogP contribution in [0.1, 0.15) is 48.3 Å². The molecule has 0 aliphatic carbocycles. The van der Waals surface area contributed by atoms with Crippen LogP contribution in [0.4, 0.5) is 5.69 Å². The second-order valence-electron chi connectivity index (χ2n) is 7.84. The zero-order valence-electron chi connectivity index (χ0n) is 15.9. The fourth-order valence-electron chi connectivity index (χ4n) is 5.53. The van der Waals surface area contributed by atoms with Gasteiger partial charge in [-0.15, -0.1) is 0 Å². The molecule has 7 heteroatoms. The van der Waals surface area contributed by atoms with Crippen molar-refractivity contribution in [3.8, 4) is 0 Å². The molecule has 2 aromatic rings. The fourth-order valence-corrected chi connectivity index (χ4v) is 5.53. The number of anilines is 1. The minimum Gasteiger partial charge on any atom is -0.461 e. The molecule has 3 fully saturated rings. The summed E-state index contributed by atoms with van der Waals surface area (Å²) in [5.74, 6) is 0.0695. The van der Waals surface area contributed by atoms with Crippen LogP contribution < -0.4 is 4.90 Å². The van der Waals surface area contributed by atoms with Gasteiger partial charge in [0.2, 0.25) is 5.91 Å². The van der Waals surface area contributed by atoms with Crippen LogP contribution >= 0.6 is 0 Å². The molecule has 28 heavy (non-hydrogen) atoms. The molecule has 4 heterocycles. The van der Waals surface area contributed by atoms with Crippen LogP contribution in [0.3, 0.4) is 0 Å². The molecule has 3 aliphatic heterocycles. The van der Waals surface area contributed by atoms with E-state index in [9.17, 15) is 9.59 Å². The van der Waals surface area contributed by atoms with Crippen molar-refractivity contribution in [3.63, 3.8) is 0 Å². The Morgan fingerprint density at radius 3 is 2.96 bits per heavy atom. The molecule has 3 atom stereocenters. The predicted molar refractivity (Wildman–Crippen MR) is 103 cm³/mol. The van der Waals surface area contributed by atoms with Crippen molar-refractivity contribution in [2.24, 2.45) is 5.92 Å². The van der Waals surface area contributed by atoms with Gasteiger partial charge in [0.25, 0.3) is 0 Å². The van der Waals surface area contributed by atoms with Gasteiger partial charge in [-0.25, -0.2) is 4.79 Å². The van der Waals surface area contributed by atoms with Crippen molar-refractivity contribution in [2.45, 2.75) is 37.8 Å². The Morgan fingerprint density at radius 2 is 2.18 bits per heavy atom. The third-order valence-electron chi connectivity index (χ3n) is 6.62. The summed E-state index contributed by atoms with van der Waals surface area (Å²) in [6.07, 6.45) is 4.45. The van der Waals surface area contributed by atoms with Crippen molar-refractivity contribution in [3.05, 3.63) is 47.8 Å². The zero-order chi connectivity index (χ0) is 19.3. The van der Waals surface area contributed by atoms with Crippen molar-refractivity contribution < 1.29 is 14.3 Å². The summed E-state index contributed by atoms with van der Waals surface area (Å²) in [5.41, 5.74) is 1.79. The van der Waals surface area contributed by atoms with E-state index in [1.165, 1.54) is 0 Å². The number of nitrogens with zero attached hydrogens (tertiary/aromatic N) is 3. The molecule has 1 aromatic heterocycles. The number of H-pyrrole nitrogens is 1. The van der Waals surface area contributed by atoms with Crippen LogP contribution in [0.25, 0.3) is 0 Å². The van der Waals surface area contributed by atoms with E-state index in [1.807, 2.05) is 35.2 Å². The molecule has 0 unspecified atom stereocenters. The maximum absolute atomic E-state index is 13.6. The number of hydrogen-bond donors (Lipinski definition) is 1. The van der Waals surface area contributed by atoms with E-state index in [4.69, 9.17) is 4.74 Å². The summed E-state index contributed by atoms with van der Waals surface area (Å²) in [6, 6.07) is 9.94. The number of hydrogen-bond acceptors (Lipinski definition) is 5. The second-order valence-corrected chi connectivity index (χ2v) is 7.84. The van der Waals surface area contributed by atoms with Crippen LogP contribution in [0, 0.1) is 5.92 Å². The lowest BCUT2D eigenvalue weighted by molar-refractivity contribution is -0.126. The highest BCUT2D eigenvalue weighted by Gasteiger charge is 2.65. The molecular weight excluding hydrogens is 356 g/mol. The molecule has 3 aliphatic rings. The number of ether oxygens (including phenoxy) is 1.